The molecule has 29 heavy (non-hydrogen) atoms. The lowest BCUT2D eigenvalue weighted by Gasteiger charge is -2.39. The molecule has 0 aromatic rings. The van der Waals surface area contributed by atoms with Gasteiger partial charge in [-0.1, -0.05) is 0 Å². The van der Waals surface area contributed by atoms with Gasteiger partial charge in [0.15, 0.2) is 6.29 Å². The van der Waals surface area contributed by atoms with Crippen molar-refractivity contribution in [2.45, 2.75) is 60.9 Å². The van der Waals surface area contributed by atoms with Crippen molar-refractivity contribution in [3.63, 3.8) is 0 Å². The number of aliphatic hydroxyl groups is 7. The fraction of sp³-hybridized carbons (Fsp3) is 0.857. The number of aliphatic hydroxyl groups excluding tert-OH is 6. The minimum Gasteiger partial charge on any atom is -0.478 e. The van der Waals surface area contributed by atoms with E-state index < -0.39 is 86.2 Å². The number of carboxylic acid groups (broad SMARTS) is 2. The number of ether oxygens (including phenoxy) is 4. The molecule has 2 heterocycles. The summed E-state index contributed by atoms with van der Waals surface area (Å²) in [7, 11) is 0. The largest absolute Gasteiger partial charge is 0.506 e. The summed E-state index contributed by atoms with van der Waals surface area (Å²) in [6.45, 7) is -1.50. The standard InChI is InChI=1S/C14H22O15/c15-1-3-5(16)7(18)8(19)12(27-3)26-2-4-6(17)9(20)14(25,29-4)10(11(21)22)28-13(23)24/h3-10,12,15-20,25H,1-2H2,(H,21,22)(H,23,24)/t3-,4-,5-,6-,7+,8-,9+,10?,12+,14+/m1/s1. The number of aliphatic carboxylic acids is 1. The van der Waals surface area contributed by atoms with Gasteiger partial charge in [0.05, 0.1) is 13.2 Å². The summed E-state index contributed by atoms with van der Waals surface area (Å²) in [5, 5.41) is 86.2. The van der Waals surface area contributed by atoms with Crippen molar-refractivity contribution >= 4 is 12.1 Å². The first-order chi connectivity index (χ1) is 13.4. The molecule has 0 aromatic heterocycles. The Bertz CT molecular complexity index is 598. The van der Waals surface area contributed by atoms with Crippen LogP contribution in [0.4, 0.5) is 4.79 Å². The SMILES string of the molecule is O=C(O)OC(C(=O)O)[C@@]1(O)O[C@H](CO[C@H]2O[C@H](CO)[C@@H](O)[C@H](O)[C@H]2O)[C@@H](O)[C@@H]1O. The number of carboxylic acids is 1. The summed E-state index contributed by atoms with van der Waals surface area (Å²) >= 11 is 0. The van der Waals surface area contributed by atoms with Crippen LogP contribution in [-0.4, -0.2) is 132 Å². The number of hydrogen-bond acceptors (Lipinski definition) is 13. The van der Waals surface area contributed by atoms with Gasteiger partial charge < -0.3 is 64.9 Å². The highest BCUT2D eigenvalue weighted by Crippen LogP contribution is 2.34. The van der Waals surface area contributed by atoms with Crippen LogP contribution in [0.1, 0.15) is 0 Å². The third kappa shape index (κ3) is 4.58. The predicted octanol–water partition coefficient (Wildman–Crippen LogP) is -5.24. The number of carbonyl (C=O) groups is 2. The third-order valence-electron chi connectivity index (χ3n) is 4.56. The minimum absolute atomic E-state index is 0.737. The van der Waals surface area contributed by atoms with E-state index in [1.807, 2.05) is 0 Å². The Kier molecular flexibility index (Phi) is 7.33. The van der Waals surface area contributed by atoms with Gasteiger partial charge in [-0.15, -0.1) is 0 Å². The van der Waals surface area contributed by atoms with Crippen LogP contribution >= 0.6 is 0 Å². The number of rotatable bonds is 7. The van der Waals surface area contributed by atoms with E-state index in [0.717, 1.165) is 0 Å². The van der Waals surface area contributed by atoms with Crippen molar-refractivity contribution in [3.8, 4) is 0 Å². The van der Waals surface area contributed by atoms with Crippen molar-refractivity contribution in [2.75, 3.05) is 13.2 Å². The molecule has 10 atom stereocenters. The van der Waals surface area contributed by atoms with Crippen molar-refractivity contribution < 1.29 is 74.5 Å². The van der Waals surface area contributed by atoms with Crippen molar-refractivity contribution in [3.05, 3.63) is 0 Å². The Hall–Kier alpha value is -1.66. The first-order valence-corrected chi connectivity index (χ1v) is 8.24. The highest BCUT2D eigenvalue weighted by atomic mass is 16.7. The molecule has 0 saturated carbocycles. The van der Waals surface area contributed by atoms with E-state index in [1.165, 1.54) is 0 Å². The molecule has 0 aliphatic carbocycles. The molecule has 168 valence electrons. The van der Waals surface area contributed by atoms with E-state index in [4.69, 9.17) is 29.5 Å². The molecule has 2 rings (SSSR count). The van der Waals surface area contributed by atoms with Crippen LogP contribution in [0.2, 0.25) is 0 Å². The van der Waals surface area contributed by atoms with Crippen LogP contribution in [0.15, 0.2) is 0 Å². The highest BCUT2D eigenvalue weighted by molar-refractivity contribution is 5.76. The minimum atomic E-state index is -3.17. The van der Waals surface area contributed by atoms with Gasteiger partial charge in [0, 0.05) is 0 Å². The second kappa shape index (κ2) is 9.00. The Morgan fingerprint density at radius 2 is 1.59 bits per heavy atom. The van der Waals surface area contributed by atoms with Crippen molar-refractivity contribution in [1.82, 2.24) is 0 Å². The molecule has 9 N–H and O–H groups in total. The maximum atomic E-state index is 11.2. The third-order valence-corrected chi connectivity index (χ3v) is 4.56. The van der Waals surface area contributed by atoms with E-state index in [0.29, 0.717) is 0 Å². The average molecular weight is 430 g/mol. The summed E-state index contributed by atoms with van der Waals surface area (Å²) in [5.41, 5.74) is 0. The van der Waals surface area contributed by atoms with E-state index in [2.05, 4.69) is 4.74 Å². The van der Waals surface area contributed by atoms with Gasteiger partial charge in [-0.05, 0) is 0 Å². The van der Waals surface area contributed by atoms with Gasteiger partial charge in [-0.3, -0.25) is 0 Å². The Balaban J connectivity index is 2.08. The van der Waals surface area contributed by atoms with Crippen LogP contribution in [0.25, 0.3) is 0 Å². The van der Waals surface area contributed by atoms with Crippen LogP contribution in [-0.2, 0) is 23.7 Å². The number of hydrogen-bond donors (Lipinski definition) is 9. The smallest absolute Gasteiger partial charge is 0.478 e. The van der Waals surface area contributed by atoms with Crippen molar-refractivity contribution in [1.29, 1.82) is 0 Å². The first kappa shape index (κ1) is 23.6. The molecule has 0 amide bonds. The second-order valence-corrected chi connectivity index (χ2v) is 6.48. The molecule has 2 aliphatic rings. The predicted molar refractivity (Wildman–Crippen MR) is 82.1 cm³/mol. The fourth-order valence-electron chi connectivity index (χ4n) is 2.99. The molecule has 0 spiro atoms. The summed E-state index contributed by atoms with van der Waals surface area (Å²) in [5.74, 6) is -5.19. The van der Waals surface area contributed by atoms with Crippen LogP contribution in [0.3, 0.4) is 0 Å². The lowest BCUT2D eigenvalue weighted by Crippen LogP contribution is -2.59. The Morgan fingerprint density at radius 1 is 0.966 bits per heavy atom. The van der Waals surface area contributed by atoms with Crippen LogP contribution in [0, 0.1) is 0 Å². The Labute approximate surface area is 161 Å². The quantitative estimate of drug-likeness (QED) is 0.171. The lowest BCUT2D eigenvalue weighted by molar-refractivity contribution is -0.313. The molecular formula is C14H22O15. The second-order valence-electron chi connectivity index (χ2n) is 6.48. The van der Waals surface area contributed by atoms with E-state index >= 15 is 0 Å². The normalized spacial score (nSPS) is 43.7. The van der Waals surface area contributed by atoms with Gasteiger partial charge in [-0.25, -0.2) is 9.59 Å². The van der Waals surface area contributed by atoms with Gasteiger partial charge in [0.1, 0.15) is 42.7 Å². The molecule has 15 nitrogen and oxygen atoms in total. The van der Waals surface area contributed by atoms with Crippen LogP contribution < -0.4 is 0 Å². The molecule has 1 unspecified atom stereocenters. The molecular weight excluding hydrogens is 408 g/mol. The summed E-state index contributed by atoms with van der Waals surface area (Å²) in [6.07, 6.45) is -18.8. The van der Waals surface area contributed by atoms with E-state index in [-0.39, 0.29) is 0 Å². The maximum absolute atomic E-state index is 11.2. The van der Waals surface area contributed by atoms with Gasteiger partial charge >= 0.3 is 12.1 Å². The first-order valence-electron chi connectivity index (χ1n) is 8.24. The van der Waals surface area contributed by atoms with Crippen LogP contribution in [0.5, 0.6) is 0 Å². The molecule has 0 bridgehead atoms. The monoisotopic (exact) mass is 430 g/mol. The fourth-order valence-corrected chi connectivity index (χ4v) is 2.99. The molecule has 0 radical (unpaired) electrons. The van der Waals surface area contributed by atoms with Gasteiger partial charge in [0.25, 0.3) is 6.10 Å². The highest BCUT2D eigenvalue weighted by Gasteiger charge is 2.62. The van der Waals surface area contributed by atoms with E-state index in [1.54, 1.807) is 0 Å². The lowest BCUT2D eigenvalue weighted by atomic mass is 9.99. The summed E-state index contributed by atoms with van der Waals surface area (Å²) in [4.78, 5) is 21.8. The average Bonchev–Trinajstić information content (AvgIpc) is 2.88. The molecule has 0 aromatic carbocycles. The zero-order valence-electron chi connectivity index (χ0n) is 14.6. The van der Waals surface area contributed by atoms with Gasteiger partial charge in [-0.2, -0.15) is 0 Å². The summed E-state index contributed by atoms with van der Waals surface area (Å²) < 4.78 is 19.0. The Morgan fingerprint density at radius 3 is 2.10 bits per heavy atom. The molecule has 2 aliphatic heterocycles. The maximum Gasteiger partial charge on any atom is 0.506 e. The van der Waals surface area contributed by atoms with Crippen molar-refractivity contribution in [2.24, 2.45) is 0 Å². The molecule has 2 saturated heterocycles. The van der Waals surface area contributed by atoms with Gasteiger partial charge in [0.2, 0.25) is 5.79 Å². The zero-order chi connectivity index (χ0) is 22.1. The zero-order valence-corrected chi connectivity index (χ0v) is 14.6. The molecule has 15 heteroatoms. The van der Waals surface area contributed by atoms with E-state index in [9.17, 15) is 40.2 Å². The molecule has 2 fully saturated rings. The summed E-state index contributed by atoms with van der Waals surface area (Å²) in [6, 6.07) is 0. The topological polar surface area (TPSA) is 253 Å².